The first-order valence-corrected chi connectivity index (χ1v) is 7.33. The summed E-state index contributed by atoms with van der Waals surface area (Å²) in [6.45, 7) is 2.05. The van der Waals surface area contributed by atoms with Crippen LogP contribution in [0.5, 0.6) is 0 Å². The lowest BCUT2D eigenvalue weighted by Gasteiger charge is -2.22. The molecule has 2 aromatic rings. The summed E-state index contributed by atoms with van der Waals surface area (Å²) in [5, 5.41) is 0. The molecule has 0 saturated carbocycles. The fourth-order valence-corrected chi connectivity index (χ4v) is 3.26. The monoisotopic (exact) mass is 277 g/mol. The van der Waals surface area contributed by atoms with Crippen molar-refractivity contribution in [3.63, 3.8) is 0 Å². The van der Waals surface area contributed by atoms with Gasteiger partial charge in [-0.05, 0) is 31.0 Å². The van der Waals surface area contributed by atoms with Gasteiger partial charge in [-0.3, -0.25) is 9.59 Å². The van der Waals surface area contributed by atoms with Crippen molar-refractivity contribution < 1.29 is 9.59 Å². The molecule has 3 heteroatoms. The molecule has 0 N–H and O–H groups in total. The molecule has 0 unspecified atom stereocenters. The van der Waals surface area contributed by atoms with Crippen molar-refractivity contribution in [2.45, 2.75) is 12.8 Å². The largest absolute Gasteiger partial charge is 0.372 e. The maximum Gasteiger partial charge on any atom is 0.194 e. The Hall–Kier alpha value is -2.42. The fraction of sp³-hybridized carbons (Fsp3) is 0.222. The van der Waals surface area contributed by atoms with E-state index in [0.717, 1.165) is 18.8 Å². The van der Waals surface area contributed by atoms with Crippen LogP contribution in [0.3, 0.4) is 0 Å². The number of ketones is 2. The highest BCUT2D eigenvalue weighted by Gasteiger charge is 2.29. The Labute approximate surface area is 123 Å². The van der Waals surface area contributed by atoms with E-state index in [0.29, 0.717) is 22.3 Å². The quantitative estimate of drug-likeness (QED) is 0.686. The minimum Gasteiger partial charge on any atom is -0.372 e. The van der Waals surface area contributed by atoms with E-state index in [1.807, 2.05) is 12.1 Å². The van der Waals surface area contributed by atoms with Crippen LogP contribution in [0.1, 0.15) is 44.7 Å². The SMILES string of the molecule is O=C1c2ccccc2C(=O)c2cc(N3CCCC3)ccc21. The minimum atomic E-state index is -0.0480. The van der Waals surface area contributed by atoms with E-state index in [4.69, 9.17) is 0 Å². The molecular formula is C18H15NO2. The normalized spacial score (nSPS) is 16.9. The summed E-state index contributed by atoms with van der Waals surface area (Å²) in [6, 6.07) is 12.7. The predicted octanol–water partition coefficient (Wildman–Crippen LogP) is 3.06. The van der Waals surface area contributed by atoms with Crippen molar-refractivity contribution in [3.05, 3.63) is 64.7 Å². The number of hydrogen-bond donors (Lipinski definition) is 0. The molecule has 2 aromatic carbocycles. The number of anilines is 1. The van der Waals surface area contributed by atoms with Crippen LogP contribution in [0.2, 0.25) is 0 Å². The molecule has 1 aliphatic carbocycles. The molecule has 1 saturated heterocycles. The van der Waals surface area contributed by atoms with Gasteiger partial charge >= 0.3 is 0 Å². The van der Waals surface area contributed by atoms with E-state index >= 15 is 0 Å². The summed E-state index contributed by atoms with van der Waals surface area (Å²) in [4.78, 5) is 27.4. The molecule has 4 rings (SSSR count). The van der Waals surface area contributed by atoms with Gasteiger partial charge in [-0.25, -0.2) is 0 Å². The average molecular weight is 277 g/mol. The van der Waals surface area contributed by atoms with Crippen LogP contribution in [-0.2, 0) is 0 Å². The first kappa shape index (κ1) is 12.3. The molecule has 0 atom stereocenters. The second-order valence-corrected chi connectivity index (χ2v) is 5.63. The number of benzene rings is 2. The van der Waals surface area contributed by atoms with Crippen molar-refractivity contribution >= 4 is 17.3 Å². The summed E-state index contributed by atoms with van der Waals surface area (Å²) in [7, 11) is 0. The molecule has 1 aliphatic heterocycles. The van der Waals surface area contributed by atoms with Gasteiger partial charge in [-0.1, -0.05) is 24.3 Å². The van der Waals surface area contributed by atoms with Gasteiger partial charge in [0.15, 0.2) is 11.6 Å². The Balaban J connectivity index is 1.85. The van der Waals surface area contributed by atoms with Crippen LogP contribution in [0.25, 0.3) is 0 Å². The smallest absolute Gasteiger partial charge is 0.194 e. The van der Waals surface area contributed by atoms with Gasteiger partial charge in [-0.15, -0.1) is 0 Å². The Bertz CT molecular complexity index is 758. The number of nitrogens with zero attached hydrogens (tertiary/aromatic N) is 1. The third kappa shape index (κ3) is 1.81. The standard InChI is InChI=1S/C18H15NO2/c20-17-13-5-1-2-6-14(13)18(21)16-11-12(7-8-15(16)17)19-9-3-4-10-19/h1-2,5-8,11H,3-4,9-10H2. The maximum atomic E-state index is 12.6. The minimum absolute atomic E-state index is 0.0405. The zero-order valence-corrected chi connectivity index (χ0v) is 11.6. The second kappa shape index (κ2) is 4.55. The number of rotatable bonds is 1. The molecule has 2 aliphatic rings. The Kier molecular flexibility index (Phi) is 2.67. The molecule has 1 fully saturated rings. The Morgan fingerprint density at radius 2 is 1.29 bits per heavy atom. The van der Waals surface area contributed by atoms with Crippen molar-refractivity contribution in [2.75, 3.05) is 18.0 Å². The summed E-state index contributed by atoms with van der Waals surface area (Å²) in [6.07, 6.45) is 2.37. The van der Waals surface area contributed by atoms with Gasteiger partial charge in [0, 0.05) is 41.0 Å². The second-order valence-electron chi connectivity index (χ2n) is 5.63. The number of carbonyl (C=O) groups is 2. The predicted molar refractivity (Wildman–Crippen MR) is 81.2 cm³/mol. The third-order valence-electron chi connectivity index (χ3n) is 4.38. The maximum absolute atomic E-state index is 12.6. The van der Waals surface area contributed by atoms with E-state index in [1.54, 1.807) is 30.3 Å². The molecule has 104 valence electrons. The molecule has 3 nitrogen and oxygen atoms in total. The highest BCUT2D eigenvalue weighted by molar-refractivity contribution is 6.28. The van der Waals surface area contributed by atoms with Crippen LogP contribution < -0.4 is 4.90 Å². The molecule has 0 aromatic heterocycles. The zero-order chi connectivity index (χ0) is 14.4. The lowest BCUT2D eigenvalue weighted by atomic mass is 9.84. The van der Waals surface area contributed by atoms with E-state index in [-0.39, 0.29) is 11.6 Å². The number of carbonyl (C=O) groups excluding carboxylic acids is 2. The topological polar surface area (TPSA) is 37.4 Å². The molecule has 0 radical (unpaired) electrons. The fourth-order valence-electron chi connectivity index (χ4n) is 3.26. The summed E-state index contributed by atoms with van der Waals surface area (Å²) < 4.78 is 0. The van der Waals surface area contributed by atoms with Gasteiger partial charge in [0.25, 0.3) is 0 Å². The highest BCUT2D eigenvalue weighted by atomic mass is 16.1. The summed E-state index contributed by atoms with van der Waals surface area (Å²) in [5.41, 5.74) is 3.16. The van der Waals surface area contributed by atoms with Crippen molar-refractivity contribution in [1.82, 2.24) is 0 Å². The molecular weight excluding hydrogens is 262 g/mol. The molecule has 0 spiro atoms. The molecule has 1 heterocycles. The van der Waals surface area contributed by atoms with Gasteiger partial charge in [0.2, 0.25) is 0 Å². The van der Waals surface area contributed by atoms with Crippen LogP contribution in [-0.4, -0.2) is 24.7 Å². The molecule has 0 bridgehead atoms. The van der Waals surface area contributed by atoms with Gasteiger partial charge in [0.1, 0.15) is 0 Å². The molecule has 0 amide bonds. The molecule has 21 heavy (non-hydrogen) atoms. The highest BCUT2D eigenvalue weighted by Crippen LogP contribution is 2.31. The Morgan fingerprint density at radius 3 is 1.95 bits per heavy atom. The van der Waals surface area contributed by atoms with Crippen molar-refractivity contribution in [3.8, 4) is 0 Å². The van der Waals surface area contributed by atoms with Gasteiger partial charge < -0.3 is 4.90 Å². The van der Waals surface area contributed by atoms with E-state index < -0.39 is 0 Å². The van der Waals surface area contributed by atoms with E-state index in [2.05, 4.69) is 4.90 Å². The van der Waals surface area contributed by atoms with Crippen LogP contribution in [0.15, 0.2) is 42.5 Å². The van der Waals surface area contributed by atoms with Crippen LogP contribution in [0, 0.1) is 0 Å². The van der Waals surface area contributed by atoms with Crippen LogP contribution in [0.4, 0.5) is 5.69 Å². The summed E-state index contributed by atoms with van der Waals surface area (Å²) in [5.74, 6) is -0.0885. The number of fused-ring (bicyclic) bond motifs is 2. The first-order chi connectivity index (χ1) is 10.3. The van der Waals surface area contributed by atoms with Crippen molar-refractivity contribution in [1.29, 1.82) is 0 Å². The zero-order valence-electron chi connectivity index (χ0n) is 11.6. The Morgan fingerprint density at radius 1 is 0.714 bits per heavy atom. The average Bonchev–Trinajstić information content (AvgIpc) is 3.06. The summed E-state index contributed by atoms with van der Waals surface area (Å²) >= 11 is 0. The third-order valence-corrected chi connectivity index (χ3v) is 4.38. The van der Waals surface area contributed by atoms with Gasteiger partial charge in [-0.2, -0.15) is 0 Å². The van der Waals surface area contributed by atoms with E-state index in [1.165, 1.54) is 12.8 Å². The van der Waals surface area contributed by atoms with E-state index in [9.17, 15) is 9.59 Å². The lowest BCUT2D eigenvalue weighted by molar-refractivity contribution is 0.0979. The van der Waals surface area contributed by atoms with Crippen molar-refractivity contribution in [2.24, 2.45) is 0 Å². The van der Waals surface area contributed by atoms with Gasteiger partial charge in [0.05, 0.1) is 0 Å². The number of hydrogen-bond acceptors (Lipinski definition) is 3. The first-order valence-electron chi connectivity index (χ1n) is 7.33. The van der Waals surface area contributed by atoms with Crippen LogP contribution >= 0.6 is 0 Å². The lowest BCUT2D eigenvalue weighted by Crippen LogP contribution is -2.23.